The molecule has 0 heterocycles. The molecule has 0 radical (unpaired) electrons. The molecule has 2 aromatic rings. The summed E-state index contributed by atoms with van der Waals surface area (Å²) >= 11 is 0. The molecule has 0 bridgehead atoms. The van der Waals surface area contributed by atoms with Crippen molar-refractivity contribution in [2.75, 3.05) is 26.6 Å². The van der Waals surface area contributed by atoms with Crippen LogP contribution in [0.4, 0.5) is 5.69 Å². The third-order valence-electron chi connectivity index (χ3n) is 3.68. The van der Waals surface area contributed by atoms with Crippen LogP contribution in [0.15, 0.2) is 41.3 Å². The van der Waals surface area contributed by atoms with Gasteiger partial charge in [0.05, 0.1) is 26.2 Å². The van der Waals surface area contributed by atoms with Crippen molar-refractivity contribution in [3.8, 4) is 17.2 Å². The number of ether oxygens (including phenoxy) is 3. The van der Waals surface area contributed by atoms with Gasteiger partial charge in [0.25, 0.3) is 0 Å². The van der Waals surface area contributed by atoms with Gasteiger partial charge in [0, 0.05) is 19.2 Å². The van der Waals surface area contributed by atoms with E-state index in [2.05, 4.69) is 10.0 Å². The molecule has 0 fully saturated rings. The molecule has 8 nitrogen and oxygen atoms in total. The second-order valence-electron chi connectivity index (χ2n) is 5.56. The fourth-order valence-corrected chi connectivity index (χ4v) is 3.44. The van der Waals surface area contributed by atoms with Gasteiger partial charge in [-0.1, -0.05) is 0 Å². The Morgan fingerprint density at radius 1 is 0.963 bits per heavy atom. The molecule has 0 spiro atoms. The van der Waals surface area contributed by atoms with Crippen molar-refractivity contribution in [3.63, 3.8) is 0 Å². The highest BCUT2D eigenvalue weighted by Gasteiger charge is 2.17. The number of hydrogen-bond donors (Lipinski definition) is 2. The van der Waals surface area contributed by atoms with Gasteiger partial charge in [-0.15, -0.1) is 0 Å². The van der Waals surface area contributed by atoms with E-state index in [9.17, 15) is 13.2 Å². The number of rotatable bonds is 8. The first-order valence-corrected chi connectivity index (χ1v) is 9.45. The Labute approximate surface area is 158 Å². The zero-order valence-corrected chi connectivity index (χ0v) is 16.3. The van der Waals surface area contributed by atoms with Gasteiger partial charge in [0.1, 0.15) is 0 Å². The number of carbonyl (C=O) groups excluding carboxylic acids is 1. The molecule has 0 aliphatic carbocycles. The minimum absolute atomic E-state index is 0.0342. The lowest BCUT2D eigenvalue weighted by Crippen LogP contribution is -2.23. The number of amides is 1. The summed E-state index contributed by atoms with van der Waals surface area (Å²) in [5.74, 6) is 1.07. The number of anilines is 1. The van der Waals surface area contributed by atoms with E-state index in [4.69, 9.17) is 14.2 Å². The summed E-state index contributed by atoms with van der Waals surface area (Å²) in [5.41, 5.74) is 1.16. The molecule has 0 aliphatic heterocycles. The highest BCUT2D eigenvalue weighted by Crippen LogP contribution is 2.38. The predicted octanol–water partition coefficient (Wildman–Crippen LogP) is 2.15. The van der Waals surface area contributed by atoms with E-state index in [0.717, 1.165) is 0 Å². The van der Waals surface area contributed by atoms with Crippen LogP contribution in [0, 0.1) is 0 Å². The Morgan fingerprint density at radius 3 is 1.96 bits per heavy atom. The second-order valence-corrected chi connectivity index (χ2v) is 7.33. The van der Waals surface area contributed by atoms with E-state index >= 15 is 0 Å². The molecule has 27 heavy (non-hydrogen) atoms. The summed E-state index contributed by atoms with van der Waals surface area (Å²) in [6.45, 7) is 1.41. The lowest BCUT2D eigenvalue weighted by molar-refractivity contribution is -0.114. The molecule has 0 aromatic heterocycles. The van der Waals surface area contributed by atoms with E-state index in [1.54, 1.807) is 12.1 Å². The topological polar surface area (TPSA) is 103 Å². The molecule has 9 heteroatoms. The molecule has 0 aliphatic rings. The third-order valence-corrected chi connectivity index (χ3v) is 5.09. The maximum Gasteiger partial charge on any atom is 0.240 e. The second kappa shape index (κ2) is 8.74. The van der Waals surface area contributed by atoms with Gasteiger partial charge >= 0.3 is 0 Å². The summed E-state index contributed by atoms with van der Waals surface area (Å²) in [7, 11) is 0.735. The van der Waals surface area contributed by atoms with Gasteiger partial charge in [-0.25, -0.2) is 13.1 Å². The quantitative estimate of drug-likeness (QED) is 0.711. The molecule has 2 aromatic carbocycles. The zero-order valence-electron chi connectivity index (χ0n) is 15.5. The lowest BCUT2D eigenvalue weighted by Gasteiger charge is -2.14. The van der Waals surface area contributed by atoms with E-state index in [-0.39, 0.29) is 17.3 Å². The first-order chi connectivity index (χ1) is 12.8. The number of carbonyl (C=O) groups is 1. The van der Waals surface area contributed by atoms with Crippen molar-refractivity contribution >= 4 is 21.6 Å². The molecule has 0 unspecified atom stereocenters. The molecule has 1 amide bonds. The van der Waals surface area contributed by atoms with Crippen LogP contribution >= 0.6 is 0 Å². The Bertz CT molecular complexity index is 885. The normalized spacial score (nSPS) is 11.0. The van der Waals surface area contributed by atoms with Gasteiger partial charge < -0.3 is 19.5 Å². The molecule has 0 atom stereocenters. The smallest absolute Gasteiger partial charge is 0.240 e. The van der Waals surface area contributed by atoms with Crippen molar-refractivity contribution < 1.29 is 27.4 Å². The van der Waals surface area contributed by atoms with Crippen molar-refractivity contribution in [2.24, 2.45) is 0 Å². The number of sulfonamides is 1. The van der Waals surface area contributed by atoms with Crippen molar-refractivity contribution in [1.82, 2.24) is 4.72 Å². The van der Waals surface area contributed by atoms with Crippen LogP contribution in [-0.2, 0) is 21.4 Å². The van der Waals surface area contributed by atoms with Crippen molar-refractivity contribution in [1.29, 1.82) is 0 Å². The molecule has 146 valence electrons. The van der Waals surface area contributed by atoms with Crippen LogP contribution in [0.5, 0.6) is 17.2 Å². The van der Waals surface area contributed by atoms with Crippen LogP contribution in [0.25, 0.3) is 0 Å². The number of methoxy groups -OCH3 is 3. The van der Waals surface area contributed by atoms with Crippen LogP contribution < -0.4 is 24.2 Å². The van der Waals surface area contributed by atoms with Gasteiger partial charge in [-0.3, -0.25) is 4.79 Å². The Kier molecular flexibility index (Phi) is 6.65. The maximum absolute atomic E-state index is 12.5. The average Bonchev–Trinajstić information content (AvgIpc) is 2.65. The number of nitrogens with one attached hydrogen (secondary N) is 2. The van der Waals surface area contributed by atoms with Crippen LogP contribution in [0.3, 0.4) is 0 Å². The molecule has 0 saturated carbocycles. The van der Waals surface area contributed by atoms with Gasteiger partial charge in [0.2, 0.25) is 21.7 Å². The standard InChI is InChI=1S/C18H22N2O6S/c1-12(21)20-14-5-7-15(8-6-14)27(22,23)19-11-13-9-16(24-2)18(26-4)17(10-13)25-3/h5-10,19H,11H2,1-4H3,(H,20,21). The number of hydrogen-bond acceptors (Lipinski definition) is 6. The summed E-state index contributed by atoms with van der Waals surface area (Å²) in [4.78, 5) is 11.1. The Morgan fingerprint density at radius 2 is 1.52 bits per heavy atom. The average molecular weight is 394 g/mol. The Balaban J connectivity index is 2.18. The maximum atomic E-state index is 12.5. The van der Waals surface area contributed by atoms with Crippen molar-refractivity contribution in [2.45, 2.75) is 18.4 Å². The fourth-order valence-electron chi connectivity index (χ4n) is 2.42. The van der Waals surface area contributed by atoms with Crippen LogP contribution in [0.2, 0.25) is 0 Å². The largest absolute Gasteiger partial charge is 0.493 e. The molecular weight excluding hydrogens is 372 g/mol. The lowest BCUT2D eigenvalue weighted by atomic mass is 10.2. The Hall–Kier alpha value is -2.78. The van der Waals surface area contributed by atoms with Crippen LogP contribution in [-0.4, -0.2) is 35.7 Å². The van der Waals surface area contributed by atoms with Gasteiger partial charge in [-0.2, -0.15) is 0 Å². The molecular formula is C18H22N2O6S. The highest BCUT2D eigenvalue weighted by atomic mass is 32.2. The minimum atomic E-state index is -3.73. The van der Waals surface area contributed by atoms with E-state index in [1.807, 2.05) is 0 Å². The highest BCUT2D eigenvalue weighted by molar-refractivity contribution is 7.89. The fraction of sp³-hybridized carbons (Fsp3) is 0.278. The zero-order chi connectivity index (χ0) is 20.0. The summed E-state index contributed by atoms with van der Waals surface area (Å²) < 4.78 is 43.3. The van der Waals surface area contributed by atoms with E-state index in [0.29, 0.717) is 28.5 Å². The van der Waals surface area contributed by atoms with Crippen LogP contribution in [0.1, 0.15) is 12.5 Å². The third kappa shape index (κ3) is 5.11. The molecule has 2 N–H and O–H groups in total. The summed E-state index contributed by atoms with van der Waals surface area (Å²) in [5, 5.41) is 2.58. The summed E-state index contributed by atoms with van der Waals surface area (Å²) in [6.07, 6.45) is 0. The van der Waals surface area contributed by atoms with Crippen molar-refractivity contribution in [3.05, 3.63) is 42.0 Å². The van der Waals surface area contributed by atoms with Gasteiger partial charge in [0.15, 0.2) is 11.5 Å². The van der Waals surface area contributed by atoms with Gasteiger partial charge in [-0.05, 0) is 42.0 Å². The first kappa shape index (κ1) is 20.5. The van der Waals surface area contributed by atoms with E-state index in [1.165, 1.54) is 52.5 Å². The predicted molar refractivity (Wildman–Crippen MR) is 101 cm³/mol. The minimum Gasteiger partial charge on any atom is -0.493 e. The molecule has 2 rings (SSSR count). The number of benzene rings is 2. The summed E-state index contributed by atoms with van der Waals surface area (Å²) in [6, 6.07) is 9.23. The van der Waals surface area contributed by atoms with E-state index < -0.39 is 10.0 Å². The molecule has 0 saturated heterocycles. The SMILES string of the molecule is COc1cc(CNS(=O)(=O)c2ccc(NC(C)=O)cc2)cc(OC)c1OC. The monoisotopic (exact) mass is 394 g/mol. The first-order valence-electron chi connectivity index (χ1n) is 7.97.